The van der Waals surface area contributed by atoms with Crippen LogP contribution in [0.3, 0.4) is 0 Å². The van der Waals surface area contributed by atoms with Gasteiger partial charge in [0.25, 0.3) is 0 Å². The minimum atomic E-state index is -4.73. The van der Waals surface area contributed by atoms with E-state index in [9.17, 15) is 22.4 Å². The number of hydrogen-bond acceptors (Lipinski definition) is 5. The number of nitrogens with one attached hydrogen (secondary N) is 2. The predicted molar refractivity (Wildman–Crippen MR) is 145 cm³/mol. The van der Waals surface area contributed by atoms with Gasteiger partial charge in [0.15, 0.2) is 5.82 Å². The molecule has 4 aromatic rings. The maximum Gasteiger partial charge on any atom is 0.416 e. The molecule has 0 bridgehead atoms. The number of carbonyl (C=O) groups is 1. The van der Waals surface area contributed by atoms with Crippen LogP contribution in [0.5, 0.6) is 0 Å². The molecule has 1 aliphatic rings. The molecule has 2 aromatic heterocycles. The number of aromatic nitrogens is 3. The van der Waals surface area contributed by atoms with Crippen LogP contribution in [0.4, 0.5) is 43.9 Å². The van der Waals surface area contributed by atoms with Crippen LogP contribution in [-0.2, 0) is 6.18 Å². The smallest absolute Gasteiger partial charge is 0.382 e. The third kappa shape index (κ3) is 5.85. The average molecular weight is 572 g/mol. The lowest BCUT2D eigenvalue weighted by atomic mass is 9.93. The molecule has 13 heteroatoms. The standard InChI is InChI=1S/C28H26F5N7O/c1-2-9-39-10-7-16(8-11-39)24-14-19(25-26(34)35-15-36-40(24)25)17-3-6-22(21(30)12-17)37-27(41)38-23-13-18(28(31,32)33)4-5-20(23)29/h2-6,12-16H,1,7-11H2,(H2,34,35,36)(H2,37,38,41). The van der Waals surface area contributed by atoms with Crippen molar-refractivity contribution in [3.8, 4) is 11.1 Å². The molecule has 0 aliphatic carbocycles. The molecular formula is C28H26F5N7O. The molecule has 0 atom stereocenters. The van der Waals surface area contributed by atoms with Gasteiger partial charge in [0.2, 0.25) is 0 Å². The van der Waals surface area contributed by atoms with Crippen LogP contribution in [0.2, 0.25) is 0 Å². The van der Waals surface area contributed by atoms with Gasteiger partial charge >= 0.3 is 12.2 Å². The number of likely N-dealkylation sites (tertiary alicyclic amines) is 1. The Kier molecular flexibility index (Phi) is 7.63. The zero-order valence-corrected chi connectivity index (χ0v) is 21.7. The van der Waals surface area contributed by atoms with Crippen LogP contribution in [0.25, 0.3) is 16.6 Å². The monoisotopic (exact) mass is 571 g/mol. The first-order chi connectivity index (χ1) is 19.5. The van der Waals surface area contributed by atoms with E-state index in [4.69, 9.17) is 5.73 Å². The molecule has 0 radical (unpaired) electrons. The van der Waals surface area contributed by atoms with Crippen molar-refractivity contribution in [2.24, 2.45) is 0 Å². The first-order valence-corrected chi connectivity index (χ1v) is 12.7. The molecule has 8 nitrogen and oxygen atoms in total. The van der Waals surface area contributed by atoms with E-state index < -0.39 is 35.1 Å². The van der Waals surface area contributed by atoms with Crippen molar-refractivity contribution in [2.75, 3.05) is 36.0 Å². The van der Waals surface area contributed by atoms with E-state index >= 15 is 4.39 Å². The predicted octanol–water partition coefficient (Wildman–Crippen LogP) is 6.28. The Morgan fingerprint density at radius 1 is 1.05 bits per heavy atom. The van der Waals surface area contributed by atoms with Gasteiger partial charge in [-0.2, -0.15) is 18.3 Å². The molecule has 4 N–H and O–H groups in total. The highest BCUT2D eigenvalue weighted by Gasteiger charge is 2.31. The molecule has 1 fully saturated rings. The van der Waals surface area contributed by atoms with E-state index in [0.717, 1.165) is 38.2 Å². The molecule has 41 heavy (non-hydrogen) atoms. The number of rotatable bonds is 6. The van der Waals surface area contributed by atoms with Crippen molar-refractivity contribution in [3.63, 3.8) is 0 Å². The summed E-state index contributed by atoms with van der Waals surface area (Å²) < 4.78 is 69.8. The quantitative estimate of drug-likeness (QED) is 0.187. The lowest BCUT2D eigenvalue weighted by molar-refractivity contribution is -0.137. The fourth-order valence-corrected chi connectivity index (χ4v) is 5.05. The summed E-state index contributed by atoms with van der Waals surface area (Å²) in [6.07, 6.45) is 0.286. The van der Waals surface area contributed by atoms with Crippen molar-refractivity contribution >= 4 is 28.7 Å². The number of halogens is 5. The largest absolute Gasteiger partial charge is 0.416 e. The molecule has 2 aromatic carbocycles. The Hall–Kier alpha value is -4.52. The number of carbonyl (C=O) groups excluding carboxylic acids is 1. The minimum absolute atomic E-state index is 0.192. The number of fused-ring (bicyclic) bond motifs is 1. The van der Waals surface area contributed by atoms with E-state index in [0.29, 0.717) is 34.8 Å². The van der Waals surface area contributed by atoms with Crippen molar-refractivity contribution in [1.82, 2.24) is 19.5 Å². The minimum Gasteiger partial charge on any atom is -0.382 e. The number of urea groups is 1. The van der Waals surface area contributed by atoms with Crippen LogP contribution in [0, 0.1) is 11.6 Å². The summed E-state index contributed by atoms with van der Waals surface area (Å²) >= 11 is 0. The number of hydrogen-bond donors (Lipinski definition) is 3. The molecule has 0 unspecified atom stereocenters. The highest BCUT2D eigenvalue weighted by molar-refractivity contribution is 6.00. The van der Waals surface area contributed by atoms with Gasteiger partial charge in [0.1, 0.15) is 23.5 Å². The topological polar surface area (TPSA) is 101 Å². The highest BCUT2D eigenvalue weighted by Crippen LogP contribution is 2.37. The van der Waals surface area contributed by atoms with Crippen molar-refractivity contribution < 1.29 is 26.7 Å². The first kappa shape index (κ1) is 28.0. The van der Waals surface area contributed by atoms with E-state index in [1.165, 1.54) is 18.5 Å². The van der Waals surface area contributed by atoms with E-state index in [-0.39, 0.29) is 17.4 Å². The summed E-state index contributed by atoms with van der Waals surface area (Å²) in [5.41, 5.74) is 6.60. The Balaban J connectivity index is 1.39. The molecule has 1 aliphatic heterocycles. The normalized spacial score (nSPS) is 14.8. The van der Waals surface area contributed by atoms with Crippen molar-refractivity contribution in [2.45, 2.75) is 24.9 Å². The number of amides is 2. The lowest BCUT2D eigenvalue weighted by Gasteiger charge is -2.30. The van der Waals surface area contributed by atoms with E-state index in [2.05, 4.69) is 26.9 Å². The van der Waals surface area contributed by atoms with E-state index in [1.54, 1.807) is 10.6 Å². The Labute approximate surface area is 231 Å². The molecule has 1 saturated heterocycles. The second kappa shape index (κ2) is 11.2. The molecule has 3 heterocycles. The van der Waals surface area contributed by atoms with Crippen LogP contribution in [0.1, 0.15) is 30.0 Å². The summed E-state index contributed by atoms with van der Waals surface area (Å²) in [6.45, 7) is 6.39. The van der Waals surface area contributed by atoms with Crippen LogP contribution >= 0.6 is 0 Å². The number of nitrogens with two attached hydrogens (primary N) is 1. The maximum absolute atomic E-state index is 15.2. The van der Waals surface area contributed by atoms with Crippen molar-refractivity contribution in [1.29, 1.82) is 0 Å². The van der Waals surface area contributed by atoms with Gasteiger partial charge in [-0.15, -0.1) is 6.58 Å². The van der Waals surface area contributed by atoms with Gasteiger partial charge in [-0.1, -0.05) is 12.1 Å². The number of anilines is 3. The third-order valence-corrected chi connectivity index (χ3v) is 7.07. The highest BCUT2D eigenvalue weighted by atomic mass is 19.4. The molecule has 0 spiro atoms. The van der Waals surface area contributed by atoms with Gasteiger partial charge in [-0.25, -0.2) is 23.1 Å². The number of alkyl halides is 3. The molecule has 0 saturated carbocycles. The van der Waals surface area contributed by atoms with Gasteiger partial charge < -0.3 is 16.4 Å². The summed E-state index contributed by atoms with van der Waals surface area (Å²) in [7, 11) is 0. The summed E-state index contributed by atoms with van der Waals surface area (Å²) in [6, 6.07) is 6.44. The summed E-state index contributed by atoms with van der Waals surface area (Å²) in [4.78, 5) is 18.8. The molecular weight excluding hydrogens is 545 g/mol. The average Bonchev–Trinajstić information content (AvgIpc) is 3.32. The van der Waals surface area contributed by atoms with Crippen LogP contribution < -0.4 is 16.4 Å². The number of benzene rings is 2. The zero-order chi connectivity index (χ0) is 29.3. The zero-order valence-electron chi connectivity index (χ0n) is 21.7. The number of nitrogen functional groups attached to an aromatic ring is 1. The van der Waals surface area contributed by atoms with Crippen molar-refractivity contribution in [3.05, 3.63) is 84.3 Å². The van der Waals surface area contributed by atoms with Gasteiger partial charge in [0.05, 0.1) is 16.9 Å². The van der Waals surface area contributed by atoms with E-state index in [1.807, 2.05) is 17.5 Å². The number of nitrogens with zero attached hydrogens (tertiary/aromatic N) is 4. The molecule has 2 amide bonds. The van der Waals surface area contributed by atoms with Gasteiger partial charge in [0, 0.05) is 23.7 Å². The Morgan fingerprint density at radius 2 is 1.78 bits per heavy atom. The third-order valence-electron chi connectivity index (χ3n) is 7.07. The summed E-state index contributed by atoms with van der Waals surface area (Å²) in [5, 5.41) is 8.60. The van der Waals surface area contributed by atoms with Crippen LogP contribution in [0.15, 0.2) is 61.4 Å². The first-order valence-electron chi connectivity index (χ1n) is 12.7. The van der Waals surface area contributed by atoms with Gasteiger partial charge in [-0.3, -0.25) is 4.90 Å². The summed E-state index contributed by atoms with van der Waals surface area (Å²) in [5.74, 6) is -1.49. The van der Waals surface area contributed by atoms with Crippen LogP contribution in [-0.4, -0.2) is 45.2 Å². The number of piperidine rings is 1. The maximum atomic E-state index is 15.2. The molecule has 214 valence electrons. The second-order valence-corrected chi connectivity index (χ2v) is 9.72. The molecule has 5 rings (SSSR count). The Bertz CT molecular complexity index is 1610. The lowest BCUT2D eigenvalue weighted by Crippen LogP contribution is -2.33. The SMILES string of the molecule is C=CCN1CCC(c2cc(-c3ccc(NC(=O)Nc4cc(C(F)(F)F)ccc4F)c(F)c3)c3c(N)ncnn23)CC1. The Morgan fingerprint density at radius 3 is 2.46 bits per heavy atom. The van der Waals surface area contributed by atoms with Gasteiger partial charge in [-0.05, 0) is 67.9 Å². The fourth-order valence-electron chi connectivity index (χ4n) is 5.05. The second-order valence-electron chi connectivity index (χ2n) is 9.72. The fraction of sp³-hybridized carbons (Fsp3) is 0.250.